The first-order chi connectivity index (χ1) is 17.4. The number of pyridine rings is 1. The summed E-state index contributed by atoms with van der Waals surface area (Å²) in [4.78, 5) is 19.1. The average molecular weight is 500 g/mol. The van der Waals surface area contributed by atoms with E-state index in [0.29, 0.717) is 31.6 Å². The molecule has 2 aliphatic rings. The van der Waals surface area contributed by atoms with Crippen molar-refractivity contribution in [3.05, 3.63) is 65.4 Å². The van der Waals surface area contributed by atoms with Crippen LogP contribution in [0.4, 0.5) is 19.0 Å². The number of anilines is 1. The smallest absolute Gasteiger partial charge is 0.255 e. The molecule has 4 heterocycles. The largest absolute Gasteiger partial charge is 0.383 e. The summed E-state index contributed by atoms with van der Waals surface area (Å²) in [7, 11) is 0. The fourth-order valence-corrected chi connectivity index (χ4v) is 4.86. The van der Waals surface area contributed by atoms with Crippen LogP contribution in [0, 0.1) is 17.5 Å². The molecule has 2 saturated heterocycles. The second-order valence-electron chi connectivity index (χ2n) is 9.40. The molecule has 4 N–H and O–H groups in total. The summed E-state index contributed by atoms with van der Waals surface area (Å²) in [5.41, 5.74) is 7.97. The normalized spacial score (nSPS) is 19.0. The molecule has 1 aromatic carbocycles. The summed E-state index contributed by atoms with van der Waals surface area (Å²) >= 11 is 0. The second-order valence-corrected chi connectivity index (χ2v) is 9.40. The number of rotatable bonds is 6. The number of hydrogen-bond donors (Lipinski definition) is 3. The first-order valence-corrected chi connectivity index (χ1v) is 12.0. The fraction of sp³-hybridized carbons (Fsp3) is 0.400. The number of aromatic nitrogens is 3. The lowest BCUT2D eigenvalue weighted by molar-refractivity contribution is 0.0938. The fourth-order valence-electron chi connectivity index (χ4n) is 4.86. The zero-order valence-corrected chi connectivity index (χ0v) is 19.7. The Kier molecular flexibility index (Phi) is 6.92. The third-order valence-electron chi connectivity index (χ3n) is 6.87. The molecule has 0 spiro atoms. The maximum absolute atomic E-state index is 14.0. The Balaban J connectivity index is 1.23. The summed E-state index contributed by atoms with van der Waals surface area (Å²) in [6.45, 7) is 3.06. The average Bonchev–Trinajstić information content (AvgIpc) is 3.53. The SMILES string of the molecule is Nc1ncc(-c2cnn(C3CCNCC3)c2)cc1C(=O)N[C@@H]1CCN(Cc2cc(F)c(F)cc2F)C1. The van der Waals surface area contributed by atoms with Gasteiger partial charge in [-0.1, -0.05) is 0 Å². The van der Waals surface area contributed by atoms with Gasteiger partial charge in [-0.2, -0.15) is 5.10 Å². The van der Waals surface area contributed by atoms with Crippen LogP contribution in [-0.2, 0) is 6.54 Å². The van der Waals surface area contributed by atoms with E-state index >= 15 is 0 Å². The van der Waals surface area contributed by atoms with Gasteiger partial charge in [-0.25, -0.2) is 18.2 Å². The molecule has 11 heteroatoms. The number of benzene rings is 1. The first kappa shape index (κ1) is 24.3. The number of hydrogen-bond acceptors (Lipinski definition) is 6. The Labute approximate surface area is 206 Å². The summed E-state index contributed by atoms with van der Waals surface area (Å²) in [6, 6.07) is 3.29. The zero-order chi connectivity index (χ0) is 25.2. The molecule has 190 valence electrons. The highest BCUT2D eigenvalue weighted by atomic mass is 19.2. The molecule has 2 fully saturated rings. The zero-order valence-electron chi connectivity index (χ0n) is 19.7. The number of halogens is 3. The van der Waals surface area contributed by atoms with Crippen molar-refractivity contribution in [2.24, 2.45) is 0 Å². The van der Waals surface area contributed by atoms with E-state index in [4.69, 9.17) is 5.73 Å². The van der Waals surface area contributed by atoms with Crippen molar-refractivity contribution in [2.45, 2.75) is 37.9 Å². The third kappa shape index (κ3) is 5.21. The number of amides is 1. The minimum Gasteiger partial charge on any atom is -0.383 e. The van der Waals surface area contributed by atoms with Gasteiger partial charge < -0.3 is 16.4 Å². The highest BCUT2D eigenvalue weighted by molar-refractivity contribution is 5.99. The molecule has 8 nitrogen and oxygen atoms in total. The molecule has 1 atom stereocenters. The number of carbonyl (C=O) groups excluding carboxylic acids is 1. The maximum atomic E-state index is 14.0. The Morgan fingerprint density at radius 3 is 2.64 bits per heavy atom. The van der Waals surface area contributed by atoms with Crippen molar-refractivity contribution in [2.75, 3.05) is 31.9 Å². The van der Waals surface area contributed by atoms with E-state index in [1.807, 2.05) is 15.8 Å². The molecule has 2 aromatic heterocycles. The van der Waals surface area contributed by atoms with Gasteiger partial charge in [0.25, 0.3) is 5.91 Å². The van der Waals surface area contributed by atoms with Crippen molar-refractivity contribution in [3.63, 3.8) is 0 Å². The molecular weight excluding hydrogens is 471 g/mol. The Morgan fingerprint density at radius 2 is 1.83 bits per heavy atom. The molecule has 0 unspecified atom stereocenters. The molecule has 0 saturated carbocycles. The van der Waals surface area contributed by atoms with Crippen LogP contribution < -0.4 is 16.4 Å². The van der Waals surface area contributed by atoms with E-state index < -0.39 is 17.5 Å². The minimum atomic E-state index is -1.21. The van der Waals surface area contributed by atoms with Crippen LogP contribution in [0.1, 0.15) is 41.2 Å². The molecule has 36 heavy (non-hydrogen) atoms. The van der Waals surface area contributed by atoms with Gasteiger partial charge in [0.05, 0.1) is 17.8 Å². The lowest BCUT2D eigenvalue weighted by atomic mass is 10.1. The van der Waals surface area contributed by atoms with E-state index in [9.17, 15) is 18.0 Å². The Bertz CT molecular complexity index is 1260. The highest BCUT2D eigenvalue weighted by Gasteiger charge is 2.26. The van der Waals surface area contributed by atoms with E-state index in [1.54, 1.807) is 18.5 Å². The van der Waals surface area contributed by atoms with Crippen molar-refractivity contribution < 1.29 is 18.0 Å². The van der Waals surface area contributed by atoms with Crippen molar-refractivity contribution >= 4 is 11.7 Å². The van der Waals surface area contributed by atoms with Gasteiger partial charge in [0.1, 0.15) is 11.6 Å². The number of likely N-dealkylation sites (tertiary alicyclic amines) is 1. The second kappa shape index (κ2) is 10.3. The molecule has 0 radical (unpaired) electrons. The van der Waals surface area contributed by atoms with Gasteiger partial charge >= 0.3 is 0 Å². The number of nitrogens with one attached hydrogen (secondary N) is 2. The topological polar surface area (TPSA) is 101 Å². The number of piperidine rings is 1. The standard InChI is InChI=1S/C25H28F3N7O/c26-21-9-23(28)22(27)8-16(21)12-34-6-3-18(14-34)33-25(36)20-7-15(10-31-24(20)29)17-11-32-35(13-17)19-1-4-30-5-2-19/h7-11,13,18-19,30H,1-6,12,14H2,(H2,29,31)(H,33,36)/t18-/m1/s1. The van der Waals surface area contributed by atoms with Gasteiger partial charge in [-0.3, -0.25) is 14.4 Å². The number of nitrogen functional groups attached to an aromatic ring is 1. The van der Waals surface area contributed by atoms with Crippen molar-refractivity contribution in [3.8, 4) is 11.1 Å². The number of nitrogens with zero attached hydrogens (tertiary/aromatic N) is 4. The predicted octanol–water partition coefficient (Wildman–Crippen LogP) is 2.87. The third-order valence-corrected chi connectivity index (χ3v) is 6.87. The molecule has 1 amide bonds. The quantitative estimate of drug-likeness (QED) is 0.451. The van der Waals surface area contributed by atoms with Crippen molar-refractivity contribution in [1.29, 1.82) is 0 Å². The number of nitrogens with two attached hydrogens (primary N) is 1. The lowest BCUT2D eigenvalue weighted by Gasteiger charge is -2.22. The minimum absolute atomic E-state index is 0.0760. The summed E-state index contributed by atoms with van der Waals surface area (Å²) in [5, 5.41) is 10.8. The van der Waals surface area contributed by atoms with Crippen LogP contribution in [0.5, 0.6) is 0 Å². The van der Waals surface area contributed by atoms with Crippen LogP contribution in [0.15, 0.2) is 36.8 Å². The lowest BCUT2D eigenvalue weighted by Crippen LogP contribution is -2.37. The monoisotopic (exact) mass is 499 g/mol. The van der Waals surface area contributed by atoms with Crippen LogP contribution in [-0.4, -0.2) is 57.8 Å². The van der Waals surface area contributed by atoms with Gasteiger partial charge in [0.15, 0.2) is 11.6 Å². The van der Waals surface area contributed by atoms with Crippen LogP contribution >= 0.6 is 0 Å². The van der Waals surface area contributed by atoms with Gasteiger partial charge in [0.2, 0.25) is 0 Å². The molecular formula is C25H28F3N7O. The molecule has 0 bridgehead atoms. The van der Waals surface area contributed by atoms with Crippen LogP contribution in [0.2, 0.25) is 0 Å². The summed E-state index contributed by atoms with van der Waals surface area (Å²) in [6.07, 6.45) is 8.02. The Hall–Kier alpha value is -3.44. The number of carbonyl (C=O) groups is 1. The van der Waals surface area contributed by atoms with Crippen molar-refractivity contribution in [1.82, 2.24) is 30.3 Å². The van der Waals surface area contributed by atoms with Crippen LogP contribution in [0.3, 0.4) is 0 Å². The van der Waals surface area contributed by atoms with Crippen LogP contribution in [0.25, 0.3) is 11.1 Å². The van der Waals surface area contributed by atoms with E-state index in [2.05, 4.69) is 20.7 Å². The Morgan fingerprint density at radius 1 is 1.06 bits per heavy atom. The van der Waals surface area contributed by atoms with Gasteiger partial charge in [-0.05, 0) is 44.5 Å². The van der Waals surface area contributed by atoms with E-state index in [-0.39, 0.29) is 35.4 Å². The van der Waals surface area contributed by atoms with Gasteiger partial charge in [0, 0.05) is 60.8 Å². The van der Waals surface area contributed by atoms with Gasteiger partial charge in [-0.15, -0.1) is 0 Å². The maximum Gasteiger partial charge on any atom is 0.255 e. The predicted molar refractivity (Wildman–Crippen MR) is 128 cm³/mol. The first-order valence-electron chi connectivity index (χ1n) is 12.0. The molecule has 0 aliphatic carbocycles. The summed E-state index contributed by atoms with van der Waals surface area (Å²) in [5.74, 6) is -3.31. The molecule has 5 rings (SSSR count). The molecule has 2 aliphatic heterocycles. The molecule has 3 aromatic rings. The van der Waals surface area contributed by atoms with E-state index in [1.165, 1.54) is 0 Å². The highest BCUT2D eigenvalue weighted by Crippen LogP contribution is 2.25. The van der Waals surface area contributed by atoms with E-state index in [0.717, 1.165) is 43.1 Å². The summed E-state index contributed by atoms with van der Waals surface area (Å²) < 4.78 is 42.7.